The zero-order valence-corrected chi connectivity index (χ0v) is 14.8. The fourth-order valence-electron chi connectivity index (χ4n) is 2.20. The molecule has 0 unspecified atom stereocenters. The van der Waals surface area contributed by atoms with Crippen LogP contribution in [-0.4, -0.2) is 37.7 Å². The van der Waals surface area contributed by atoms with Gasteiger partial charge < -0.3 is 14.2 Å². The van der Waals surface area contributed by atoms with E-state index in [0.29, 0.717) is 16.4 Å². The first-order valence-corrected chi connectivity index (χ1v) is 8.06. The summed E-state index contributed by atoms with van der Waals surface area (Å²) in [5.41, 5.74) is 1.53. The number of amides is 1. The molecule has 1 heterocycles. The van der Waals surface area contributed by atoms with Gasteiger partial charge in [-0.15, -0.1) is 0 Å². The number of benzene rings is 1. The lowest BCUT2D eigenvalue weighted by molar-refractivity contribution is -0.132. The van der Waals surface area contributed by atoms with E-state index in [9.17, 15) is 9.59 Å². The summed E-state index contributed by atoms with van der Waals surface area (Å²) in [6.07, 6.45) is 3.45. The number of ether oxygens (including phenoxy) is 3. The molecule has 1 aliphatic rings. The highest BCUT2D eigenvalue weighted by molar-refractivity contribution is 8.06. The van der Waals surface area contributed by atoms with E-state index in [0.717, 1.165) is 11.1 Å². The summed E-state index contributed by atoms with van der Waals surface area (Å²) in [4.78, 5) is 25.6. The smallest absolute Gasteiger partial charge is 0.308 e. The molecule has 0 aromatic heterocycles. The van der Waals surface area contributed by atoms with E-state index < -0.39 is 5.97 Å². The lowest BCUT2D eigenvalue weighted by Gasteiger charge is -2.21. The van der Waals surface area contributed by atoms with E-state index >= 15 is 0 Å². The maximum Gasteiger partial charge on any atom is 0.308 e. The Morgan fingerprint density at radius 2 is 2.08 bits per heavy atom. The molecule has 1 aromatic rings. The van der Waals surface area contributed by atoms with Crippen LogP contribution in [-0.2, 0) is 14.3 Å². The molecule has 0 aliphatic carbocycles. The predicted octanol–water partition coefficient (Wildman–Crippen LogP) is 2.92. The van der Waals surface area contributed by atoms with Crippen LogP contribution >= 0.6 is 11.8 Å². The Labute approximate surface area is 145 Å². The van der Waals surface area contributed by atoms with Crippen LogP contribution in [0, 0.1) is 6.92 Å². The molecular weight excluding hydrogens is 330 g/mol. The highest BCUT2D eigenvalue weighted by Crippen LogP contribution is 2.35. The Hall–Kier alpha value is -2.25. The molecule has 128 valence electrons. The lowest BCUT2D eigenvalue weighted by atomic mass is 10.1. The second-order valence-electron chi connectivity index (χ2n) is 5.07. The molecular formula is C17H19NO5S. The van der Waals surface area contributed by atoms with E-state index in [1.807, 2.05) is 18.4 Å². The van der Waals surface area contributed by atoms with Crippen LogP contribution in [0.25, 0.3) is 6.08 Å². The first-order chi connectivity index (χ1) is 11.5. The molecule has 0 fully saturated rings. The van der Waals surface area contributed by atoms with Crippen LogP contribution in [0.15, 0.2) is 28.6 Å². The van der Waals surface area contributed by atoms with Crippen molar-refractivity contribution >= 4 is 29.7 Å². The maximum atomic E-state index is 12.4. The van der Waals surface area contributed by atoms with Crippen LogP contribution < -0.4 is 9.47 Å². The molecule has 0 radical (unpaired) electrons. The van der Waals surface area contributed by atoms with Gasteiger partial charge >= 0.3 is 5.97 Å². The Bertz CT molecular complexity index is 711. The number of hydrogen-bond donors (Lipinski definition) is 0. The zero-order chi connectivity index (χ0) is 17.7. The maximum absolute atomic E-state index is 12.4. The number of thioether (sulfide) groups is 1. The standard InChI is InChI=1S/C17H19NO5S/c1-11-7-13(8-14(22-4)16(11)23-12(2)19)9-15-17(20)18(10-21-3)5-6-24-15/h5-9H,10H2,1-4H3/b15-9-. The molecule has 0 N–H and O–H groups in total. The van der Waals surface area contributed by atoms with Crippen molar-refractivity contribution in [2.24, 2.45) is 0 Å². The van der Waals surface area contributed by atoms with Crippen LogP contribution in [0.2, 0.25) is 0 Å². The van der Waals surface area contributed by atoms with Gasteiger partial charge in [-0.05, 0) is 41.7 Å². The third-order valence-electron chi connectivity index (χ3n) is 3.20. The molecule has 1 aromatic carbocycles. The molecule has 7 heteroatoms. The predicted molar refractivity (Wildman–Crippen MR) is 92.5 cm³/mol. The first kappa shape index (κ1) is 18.1. The van der Waals surface area contributed by atoms with Crippen molar-refractivity contribution < 1.29 is 23.8 Å². The van der Waals surface area contributed by atoms with E-state index in [1.165, 1.54) is 37.8 Å². The zero-order valence-electron chi connectivity index (χ0n) is 14.0. The number of esters is 1. The summed E-state index contributed by atoms with van der Waals surface area (Å²) >= 11 is 1.34. The Kier molecular flexibility index (Phi) is 6.05. The summed E-state index contributed by atoms with van der Waals surface area (Å²) in [5, 5.41) is 1.82. The van der Waals surface area contributed by atoms with E-state index in [4.69, 9.17) is 14.2 Å². The quantitative estimate of drug-likeness (QED) is 0.463. The van der Waals surface area contributed by atoms with Crippen molar-refractivity contribution in [1.29, 1.82) is 0 Å². The normalized spacial score (nSPS) is 15.8. The number of nitrogens with zero attached hydrogens (tertiary/aromatic N) is 1. The minimum Gasteiger partial charge on any atom is -0.493 e. The van der Waals surface area contributed by atoms with Crippen molar-refractivity contribution in [3.8, 4) is 11.5 Å². The van der Waals surface area contributed by atoms with Crippen molar-refractivity contribution in [1.82, 2.24) is 4.90 Å². The Balaban J connectivity index is 2.36. The van der Waals surface area contributed by atoms with Gasteiger partial charge in [-0.2, -0.15) is 0 Å². The van der Waals surface area contributed by atoms with Crippen molar-refractivity contribution in [3.05, 3.63) is 39.8 Å². The number of carbonyl (C=O) groups excluding carboxylic acids is 2. The summed E-state index contributed by atoms with van der Waals surface area (Å²) < 4.78 is 15.5. The Morgan fingerprint density at radius 1 is 1.33 bits per heavy atom. The van der Waals surface area contributed by atoms with Crippen LogP contribution in [0.3, 0.4) is 0 Å². The van der Waals surface area contributed by atoms with Gasteiger partial charge in [0.05, 0.1) is 12.0 Å². The van der Waals surface area contributed by atoms with Gasteiger partial charge in [0.25, 0.3) is 5.91 Å². The third-order valence-corrected chi connectivity index (χ3v) is 4.01. The average molecular weight is 349 g/mol. The molecule has 0 saturated heterocycles. The molecule has 6 nitrogen and oxygen atoms in total. The van der Waals surface area contributed by atoms with Crippen molar-refractivity contribution in [2.45, 2.75) is 13.8 Å². The van der Waals surface area contributed by atoms with Gasteiger partial charge in [0.1, 0.15) is 6.73 Å². The number of carbonyl (C=O) groups is 2. The number of hydrogen-bond acceptors (Lipinski definition) is 6. The SMILES string of the molecule is COCN1C=CS/C(=C\c2cc(C)c(OC(C)=O)c(OC)c2)C1=O. The summed E-state index contributed by atoms with van der Waals surface area (Å²) in [5.74, 6) is 0.274. The molecule has 0 saturated carbocycles. The highest BCUT2D eigenvalue weighted by atomic mass is 32.2. The number of rotatable bonds is 5. The second-order valence-corrected chi connectivity index (χ2v) is 6.01. The van der Waals surface area contributed by atoms with Crippen molar-refractivity contribution in [3.63, 3.8) is 0 Å². The summed E-state index contributed by atoms with van der Waals surface area (Å²) in [6.45, 7) is 3.35. The molecule has 2 rings (SSSR count). The fraction of sp³-hybridized carbons (Fsp3) is 0.294. The molecule has 1 aliphatic heterocycles. The topological polar surface area (TPSA) is 65.1 Å². The molecule has 24 heavy (non-hydrogen) atoms. The summed E-state index contributed by atoms with van der Waals surface area (Å²) in [7, 11) is 3.04. The van der Waals surface area contributed by atoms with E-state index in [-0.39, 0.29) is 12.6 Å². The van der Waals surface area contributed by atoms with Gasteiger partial charge in [-0.25, -0.2) is 0 Å². The first-order valence-electron chi connectivity index (χ1n) is 7.18. The minimum absolute atomic E-state index is 0.134. The second kappa shape index (κ2) is 8.03. The van der Waals surface area contributed by atoms with E-state index in [2.05, 4.69) is 0 Å². The van der Waals surface area contributed by atoms with Gasteiger partial charge in [0.2, 0.25) is 0 Å². The molecule has 1 amide bonds. The molecule has 0 atom stereocenters. The molecule has 0 bridgehead atoms. The highest BCUT2D eigenvalue weighted by Gasteiger charge is 2.20. The van der Waals surface area contributed by atoms with Gasteiger partial charge in [0.15, 0.2) is 11.5 Å². The van der Waals surface area contributed by atoms with Crippen LogP contribution in [0.5, 0.6) is 11.5 Å². The summed E-state index contributed by atoms with van der Waals surface area (Å²) in [6, 6.07) is 3.56. The number of methoxy groups -OCH3 is 2. The largest absolute Gasteiger partial charge is 0.493 e. The fourth-order valence-corrected chi connectivity index (χ4v) is 2.98. The van der Waals surface area contributed by atoms with Gasteiger partial charge in [0, 0.05) is 20.2 Å². The van der Waals surface area contributed by atoms with Crippen LogP contribution in [0.1, 0.15) is 18.1 Å². The van der Waals surface area contributed by atoms with Crippen molar-refractivity contribution in [2.75, 3.05) is 21.0 Å². The Morgan fingerprint density at radius 3 is 2.71 bits per heavy atom. The van der Waals surface area contributed by atoms with Crippen LogP contribution in [0.4, 0.5) is 0 Å². The third kappa shape index (κ3) is 4.18. The monoisotopic (exact) mass is 349 g/mol. The van der Waals surface area contributed by atoms with Gasteiger partial charge in [-0.3, -0.25) is 14.5 Å². The van der Waals surface area contributed by atoms with Gasteiger partial charge in [-0.1, -0.05) is 11.8 Å². The minimum atomic E-state index is -0.416. The number of aryl methyl sites for hydroxylation is 1. The molecule has 0 spiro atoms. The average Bonchev–Trinajstić information content (AvgIpc) is 2.53. The van der Waals surface area contributed by atoms with E-state index in [1.54, 1.807) is 18.3 Å². The lowest BCUT2D eigenvalue weighted by Crippen LogP contribution is -2.29.